The Morgan fingerprint density at radius 1 is 1.10 bits per heavy atom. The predicted molar refractivity (Wildman–Crippen MR) is 78.1 cm³/mol. The Balaban J connectivity index is 3.32. The summed E-state index contributed by atoms with van der Waals surface area (Å²) in [6.07, 6.45) is 1.91. The van der Waals surface area contributed by atoms with Crippen LogP contribution >= 0.6 is 0 Å². The summed E-state index contributed by atoms with van der Waals surface area (Å²) in [5.41, 5.74) is 0. The van der Waals surface area contributed by atoms with Crippen LogP contribution in [0.1, 0.15) is 6.92 Å². The predicted octanol–water partition coefficient (Wildman–Crippen LogP) is -0.147. The first-order chi connectivity index (χ1) is 9.81. The molecule has 21 heavy (non-hydrogen) atoms. The van der Waals surface area contributed by atoms with Crippen molar-refractivity contribution in [1.29, 1.82) is 5.26 Å². The van der Waals surface area contributed by atoms with E-state index in [-0.39, 0.29) is 5.95 Å². The highest BCUT2D eigenvalue weighted by Crippen LogP contribution is 2.18. The van der Waals surface area contributed by atoms with Gasteiger partial charge >= 0.3 is 5.97 Å². The van der Waals surface area contributed by atoms with Gasteiger partial charge in [0.1, 0.15) is 6.04 Å². The van der Waals surface area contributed by atoms with Crippen LogP contribution in [0.5, 0.6) is 0 Å². The average Bonchev–Trinajstić information content (AvgIpc) is 2.46. The molecule has 0 saturated heterocycles. The minimum atomic E-state index is -0.826. The quantitative estimate of drug-likeness (QED) is 0.417. The third-order valence-corrected chi connectivity index (χ3v) is 2.65. The molecule has 0 aliphatic rings. The number of nitrogens with zero attached hydrogens (tertiary/aromatic N) is 7. The molecule has 1 rings (SSSR count). The fourth-order valence-electron chi connectivity index (χ4n) is 1.43. The van der Waals surface area contributed by atoms with E-state index >= 15 is 0 Å². The Morgan fingerprint density at radius 2 is 1.52 bits per heavy atom. The van der Waals surface area contributed by atoms with E-state index in [0.29, 0.717) is 11.9 Å². The van der Waals surface area contributed by atoms with E-state index in [1.54, 1.807) is 44.9 Å². The second-order valence-electron chi connectivity index (χ2n) is 4.69. The number of esters is 1. The van der Waals surface area contributed by atoms with Crippen molar-refractivity contribution in [3.05, 3.63) is 0 Å². The molecule has 1 heterocycles. The zero-order valence-corrected chi connectivity index (χ0v) is 13.0. The van der Waals surface area contributed by atoms with Crippen molar-refractivity contribution >= 4 is 23.8 Å². The standard InChI is InChI=1S/C12H19N7O2/c1-8(9(20)21-6)19(7-13)12-15-10(17(2)3)14-11(16-12)18(4)5/h8H,1-6H3. The van der Waals surface area contributed by atoms with E-state index in [1.807, 2.05) is 6.19 Å². The first-order valence-electron chi connectivity index (χ1n) is 6.19. The first kappa shape index (κ1) is 16.4. The summed E-state index contributed by atoms with van der Waals surface area (Å²) < 4.78 is 4.65. The third kappa shape index (κ3) is 3.68. The summed E-state index contributed by atoms with van der Waals surface area (Å²) in [5.74, 6) is 0.328. The maximum atomic E-state index is 11.6. The van der Waals surface area contributed by atoms with Crippen molar-refractivity contribution in [3.63, 3.8) is 0 Å². The van der Waals surface area contributed by atoms with Crippen LogP contribution in [0.3, 0.4) is 0 Å². The number of hydrogen-bond acceptors (Lipinski definition) is 9. The zero-order valence-electron chi connectivity index (χ0n) is 13.0. The monoisotopic (exact) mass is 293 g/mol. The van der Waals surface area contributed by atoms with Gasteiger partial charge in [-0.25, -0.2) is 9.69 Å². The van der Waals surface area contributed by atoms with E-state index in [2.05, 4.69) is 19.7 Å². The molecular formula is C12H19N7O2. The number of hydrogen-bond donors (Lipinski definition) is 0. The molecule has 0 N–H and O–H groups in total. The fraction of sp³-hybridized carbons (Fsp3) is 0.583. The van der Waals surface area contributed by atoms with Gasteiger partial charge in [-0.3, -0.25) is 0 Å². The second kappa shape index (κ2) is 6.69. The molecule has 0 spiro atoms. The molecule has 1 atom stereocenters. The van der Waals surface area contributed by atoms with Crippen molar-refractivity contribution in [1.82, 2.24) is 15.0 Å². The molecule has 9 nitrogen and oxygen atoms in total. The number of carbonyl (C=O) groups excluding carboxylic acids is 1. The van der Waals surface area contributed by atoms with Gasteiger partial charge in [0.2, 0.25) is 17.8 Å². The van der Waals surface area contributed by atoms with E-state index < -0.39 is 12.0 Å². The van der Waals surface area contributed by atoms with Gasteiger partial charge in [0.15, 0.2) is 6.19 Å². The highest BCUT2D eigenvalue weighted by atomic mass is 16.5. The van der Waals surface area contributed by atoms with E-state index in [1.165, 1.54) is 7.11 Å². The maximum absolute atomic E-state index is 11.6. The van der Waals surface area contributed by atoms with Gasteiger partial charge in [-0.15, -0.1) is 0 Å². The number of carbonyl (C=O) groups is 1. The molecule has 0 aliphatic heterocycles. The van der Waals surface area contributed by atoms with Gasteiger partial charge in [-0.1, -0.05) is 0 Å². The summed E-state index contributed by atoms with van der Waals surface area (Å²) in [6.45, 7) is 1.55. The van der Waals surface area contributed by atoms with Gasteiger partial charge in [-0.2, -0.15) is 20.2 Å². The lowest BCUT2D eigenvalue weighted by Gasteiger charge is -2.22. The molecule has 114 valence electrons. The van der Waals surface area contributed by atoms with Crippen LogP contribution in [0.2, 0.25) is 0 Å². The van der Waals surface area contributed by atoms with Crippen LogP contribution in [-0.4, -0.2) is 62.3 Å². The number of rotatable bonds is 5. The molecule has 0 saturated carbocycles. The lowest BCUT2D eigenvalue weighted by Crippen LogP contribution is -2.38. The Hall–Kier alpha value is -2.63. The number of aromatic nitrogens is 3. The fourth-order valence-corrected chi connectivity index (χ4v) is 1.43. The summed E-state index contributed by atoms with van der Waals surface area (Å²) in [5, 5.41) is 9.29. The van der Waals surface area contributed by atoms with Crippen molar-refractivity contribution in [2.45, 2.75) is 13.0 Å². The van der Waals surface area contributed by atoms with Crippen LogP contribution < -0.4 is 14.7 Å². The van der Waals surface area contributed by atoms with Crippen LogP contribution in [0, 0.1) is 11.5 Å². The molecule has 1 aromatic heterocycles. The molecule has 1 aromatic rings. The molecule has 0 radical (unpaired) electrons. The summed E-state index contributed by atoms with van der Waals surface area (Å²) >= 11 is 0. The zero-order chi connectivity index (χ0) is 16.2. The Morgan fingerprint density at radius 3 is 1.86 bits per heavy atom. The normalized spacial score (nSPS) is 11.3. The molecule has 0 fully saturated rings. The minimum Gasteiger partial charge on any atom is -0.467 e. The Labute approximate surface area is 123 Å². The molecule has 0 amide bonds. The van der Waals surface area contributed by atoms with E-state index in [4.69, 9.17) is 0 Å². The van der Waals surface area contributed by atoms with Gasteiger partial charge in [-0.05, 0) is 6.92 Å². The highest BCUT2D eigenvalue weighted by molar-refractivity contribution is 5.79. The molecule has 9 heteroatoms. The average molecular weight is 293 g/mol. The van der Waals surface area contributed by atoms with Crippen molar-refractivity contribution in [2.24, 2.45) is 0 Å². The largest absolute Gasteiger partial charge is 0.467 e. The van der Waals surface area contributed by atoms with E-state index in [0.717, 1.165) is 4.90 Å². The molecular weight excluding hydrogens is 274 g/mol. The van der Waals surface area contributed by atoms with Crippen LogP contribution in [-0.2, 0) is 9.53 Å². The number of anilines is 3. The number of nitriles is 1. The van der Waals surface area contributed by atoms with Gasteiger partial charge < -0.3 is 14.5 Å². The van der Waals surface area contributed by atoms with E-state index in [9.17, 15) is 10.1 Å². The molecule has 0 bridgehead atoms. The first-order valence-corrected chi connectivity index (χ1v) is 6.19. The SMILES string of the molecule is COC(=O)C(C)N(C#N)c1nc(N(C)C)nc(N(C)C)n1. The van der Waals surface area contributed by atoms with Crippen LogP contribution in [0.15, 0.2) is 0 Å². The summed E-state index contributed by atoms with van der Waals surface area (Å²) in [4.78, 5) is 28.7. The minimum absolute atomic E-state index is 0.0952. The smallest absolute Gasteiger partial charge is 0.329 e. The number of ether oxygens (including phenoxy) is 1. The number of methoxy groups -OCH3 is 1. The van der Waals surface area contributed by atoms with Crippen molar-refractivity contribution < 1.29 is 9.53 Å². The van der Waals surface area contributed by atoms with Gasteiger partial charge in [0.25, 0.3) is 0 Å². The van der Waals surface area contributed by atoms with Gasteiger partial charge in [0, 0.05) is 28.2 Å². The molecule has 0 aromatic carbocycles. The third-order valence-electron chi connectivity index (χ3n) is 2.65. The summed E-state index contributed by atoms with van der Waals surface area (Å²) in [6, 6.07) is -0.826. The second-order valence-corrected chi connectivity index (χ2v) is 4.69. The lowest BCUT2D eigenvalue weighted by molar-refractivity contribution is -0.141. The molecule has 0 aliphatic carbocycles. The van der Waals surface area contributed by atoms with Crippen LogP contribution in [0.25, 0.3) is 0 Å². The van der Waals surface area contributed by atoms with Crippen molar-refractivity contribution in [2.75, 3.05) is 50.0 Å². The van der Waals surface area contributed by atoms with Gasteiger partial charge in [0.05, 0.1) is 7.11 Å². The molecule has 1 unspecified atom stereocenters. The van der Waals surface area contributed by atoms with Crippen LogP contribution in [0.4, 0.5) is 17.8 Å². The maximum Gasteiger partial charge on any atom is 0.329 e. The Kier molecular flexibility index (Phi) is 5.24. The lowest BCUT2D eigenvalue weighted by atomic mass is 10.3. The Bertz CT molecular complexity index is 527. The topological polar surface area (TPSA) is 98.5 Å². The summed E-state index contributed by atoms with van der Waals surface area (Å²) in [7, 11) is 8.37. The van der Waals surface area contributed by atoms with Crippen molar-refractivity contribution in [3.8, 4) is 6.19 Å². The highest BCUT2D eigenvalue weighted by Gasteiger charge is 2.26.